The number of carbonyl (C=O) groups excluding carboxylic acids is 1. The maximum absolute atomic E-state index is 12.2. The minimum Gasteiger partial charge on any atom is -0.368 e. The Kier molecular flexibility index (Phi) is 4.93. The highest BCUT2D eigenvalue weighted by Gasteiger charge is 2.13. The molecule has 0 bridgehead atoms. The number of amides is 1. The van der Waals surface area contributed by atoms with Gasteiger partial charge in [0, 0.05) is 37.6 Å². The molecule has 0 unspecified atom stereocenters. The van der Waals surface area contributed by atoms with Crippen molar-refractivity contribution >= 4 is 23.1 Å². The molecule has 4 aromatic heterocycles. The standard InChI is InChI=1S/C18H16N6O2S/c25-18(13-10-14(26-23-13)15-4-3-9-27-15)20-6-5-19-16-11-17(22-12-21-16)24-7-1-2-8-24/h1-4,7-12H,5-6H2,(H,20,25)(H,19,21,22). The fourth-order valence-electron chi connectivity index (χ4n) is 2.45. The summed E-state index contributed by atoms with van der Waals surface area (Å²) in [6.45, 7) is 0.937. The molecule has 9 heteroatoms. The Labute approximate surface area is 158 Å². The molecule has 0 fully saturated rings. The molecule has 4 aromatic rings. The van der Waals surface area contributed by atoms with Crippen LogP contribution < -0.4 is 10.6 Å². The quantitative estimate of drug-likeness (QED) is 0.479. The molecule has 0 aromatic carbocycles. The Bertz CT molecular complexity index is 1010. The summed E-state index contributed by atoms with van der Waals surface area (Å²) in [4.78, 5) is 21.5. The van der Waals surface area contributed by atoms with Crippen molar-refractivity contribution in [2.45, 2.75) is 0 Å². The summed E-state index contributed by atoms with van der Waals surface area (Å²) in [7, 11) is 0. The van der Waals surface area contributed by atoms with Crippen molar-refractivity contribution in [2.75, 3.05) is 18.4 Å². The van der Waals surface area contributed by atoms with Crippen LogP contribution in [0.25, 0.3) is 16.5 Å². The molecule has 0 aliphatic carbocycles. The SMILES string of the molecule is O=C(NCCNc1cc(-n2cccc2)ncn1)c1cc(-c2cccs2)on1. The van der Waals surface area contributed by atoms with E-state index < -0.39 is 0 Å². The van der Waals surface area contributed by atoms with E-state index in [1.54, 1.807) is 6.07 Å². The van der Waals surface area contributed by atoms with Gasteiger partial charge in [0.2, 0.25) is 0 Å². The van der Waals surface area contributed by atoms with Gasteiger partial charge in [-0.3, -0.25) is 4.79 Å². The predicted molar refractivity (Wildman–Crippen MR) is 102 cm³/mol. The van der Waals surface area contributed by atoms with Gasteiger partial charge in [0.15, 0.2) is 11.5 Å². The topological polar surface area (TPSA) is 97.9 Å². The highest BCUT2D eigenvalue weighted by atomic mass is 32.1. The number of aromatic nitrogens is 4. The van der Waals surface area contributed by atoms with E-state index >= 15 is 0 Å². The normalized spacial score (nSPS) is 10.7. The van der Waals surface area contributed by atoms with Crippen LogP contribution in [0.1, 0.15) is 10.5 Å². The summed E-state index contributed by atoms with van der Waals surface area (Å²) in [6.07, 6.45) is 5.32. The Balaban J connectivity index is 1.28. The highest BCUT2D eigenvalue weighted by molar-refractivity contribution is 7.13. The third-order valence-electron chi connectivity index (χ3n) is 3.75. The van der Waals surface area contributed by atoms with E-state index in [2.05, 4.69) is 25.8 Å². The first-order valence-electron chi connectivity index (χ1n) is 8.28. The fourth-order valence-corrected chi connectivity index (χ4v) is 3.12. The molecule has 27 heavy (non-hydrogen) atoms. The number of thiophene rings is 1. The van der Waals surface area contributed by atoms with Crippen LogP contribution >= 0.6 is 11.3 Å². The second kappa shape index (κ2) is 7.83. The number of carbonyl (C=O) groups is 1. The molecule has 8 nitrogen and oxygen atoms in total. The lowest BCUT2D eigenvalue weighted by atomic mass is 10.3. The third-order valence-corrected chi connectivity index (χ3v) is 4.63. The van der Waals surface area contributed by atoms with Crippen molar-refractivity contribution in [1.82, 2.24) is 25.0 Å². The molecule has 0 radical (unpaired) electrons. The van der Waals surface area contributed by atoms with E-state index in [0.29, 0.717) is 24.7 Å². The van der Waals surface area contributed by atoms with Crippen LogP contribution in [0.2, 0.25) is 0 Å². The van der Waals surface area contributed by atoms with Crippen molar-refractivity contribution < 1.29 is 9.32 Å². The van der Waals surface area contributed by atoms with Crippen molar-refractivity contribution in [3.8, 4) is 16.5 Å². The van der Waals surface area contributed by atoms with Crippen LogP contribution in [0.5, 0.6) is 0 Å². The van der Waals surface area contributed by atoms with Crippen LogP contribution in [0.3, 0.4) is 0 Å². The lowest BCUT2D eigenvalue weighted by Crippen LogP contribution is -2.29. The maximum Gasteiger partial charge on any atom is 0.273 e. The molecule has 0 spiro atoms. The first kappa shape index (κ1) is 17.0. The van der Waals surface area contributed by atoms with Crippen molar-refractivity contribution in [1.29, 1.82) is 0 Å². The van der Waals surface area contributed by atoms with Gasteiger partial charge in [-0.25, -0.2) is 9.97 Å². The van der Waals surface area contributed by atoms with E-state index in [1.807, 2.05) is 52.7 Å². The predicted octanol–water partition coefficient (Wildman–Crippen LogP) is 2.83. The summed E-state index contributed by atoms with van der Waals surface area (Å²) < 4.78 is 7.11. The van der Waals surface area contributed by atoms with Crippen LogP contribution in [0, 0.1) is 0 Å². The smallest absolute Gasteiger partial charge is 0.273 e. The molecule has 4 heterocycles. The number of hydrogen-bond acceptors (Lipinski definition) is 7. The average Bonchev–Trinajstić information content (AvgIpc) is 3.46. The van der Waals surface area contributed by atoms with Gasteiger partial charge in [-0.1, -0.05) is 11.2 Å². The van der Waals surface area contributed by atoms with Gasteiger partial charge in [0.25, 0.3) is 5.91 Å². The number of anilines is 1. The average molecular weight is 380 g/mol. The minimum absolute atomic E-state index is 0.260. The summed E-state index contributed by atoms with van der Waals surface area (Å²) in [5, 5.41) is 11.7. The van der Waals surface area contributed by atoms with E-state index in [-0.39, 0.29) is 11.6 Å². The summed E-state index contributed by atoms with van der Waals surface area (Å²) in [5.41, 5.74) is 0.260. The second-order valence-electron chi connectivity index (χ2n) is 5.59. The Morgan fingerprint density at radius 2 is 2.04 bits per heavy atom. The zero-order chi connectivity index (χ0) is 18.5. The van der Waals surface area contributed by atoms with Gasteiger partial charge >= 0.3 is 0 Å². The molecule has 2 N–H and O–H groups in total. The molecule has 0 atom stereocenters. The van der Waals surface area contributed by atoms with E-state index in [1.165, 1.54) is 17.7 Å². The Hall–Kier alpha value is -3.46. The van der Waals surface area contributed by atoms with Gasteiger partial charge < -0.3 is 19.7 Å². The lowest BCUT2D eigenvalue weighted by molar-refractivity contribution is 0.0946. The first-order chi connectivity index (χ1) is 13.3. The van der Waals surface area contributed by atoms with Gasteiger partial charge in [-0.2, -0.15) is 0 Å². The first-order valence-corrected chi connectivity index (χ1v) is 9.15. The second-order valence-corrected chi connectivity index (χ2v) is 6.54. The molecule has 0 saturated carbocycles. The Morgan fingerprint density at radius 1 is 1.15 bits per heavy atom. The summed E-state index contributed by atoms with van der Waals surface area (Å²) in [5.74, 6) is 1.76. The Morgan fingerprint density at radius 3 is 2.85 bits per heavy atom. The molecule has 1 amide bonds. The van der Waals surface area contributed by atoms with Gasteiger partial charge in [-0.15, -0.1) is 11.3 Å². The summed E-state index contributed by atoms with van der Waals surface area (Å²) in [6, 6.07) is 11.2. The molecule has 0 saturated heterocycles. The minimum atomic E-state index is -0.279. The molecule has 0 aliphatic heterocycles. The molecule has 4 rings (SSSR count). The van der Waals surface area contributed by atoms with Crippen LogP contribution in [-0.4, -0.2) is 38.7 Å². The monoisotopic (exact) mass is 380 g/mol. The fraction of sp³-hybridized carbons (Fsp3) is 0.111. The van der Waals surface area contributed by atoms with Crippen molar-refractivity contribution in [2.24, 2.45) is 0 Å². The summed E-state index contributed by atoms with van der Waals surface area (Å²) >= 11 is 1.53. The molecule has 0 aliphatic rings. The van der Waals surface area contributed by atoms with Crippen LogP contribution in [0.15, 0.2) is 65.0 Å². The zero-order valence-corrected chi connectivity index (χ0v) is 15.0. The van der Waals surface area contributed by atoms with Gasteiger partial charge in [-0.05, 0) is 23.6 Å². The zero-order valence-electron chi connectivity index (χ0n) is 14.2. The van der Waals surface area contributed by atoms with Crippen LogP contribution in [-0.2, 0) is 0 Å². The number of nitrogens with one attached hydrogen (secondary N) is 2. The van der Waals surface area contributed by atoms with Crippen LogP contribution in [0.4, 0.5) is 5.82 Å². The van der Waals surface area contributed by atoms with E-state index in [4.69, 9.17) is 4.52 Å². The van der Waals surface area contributed by atoms with Gasteiger partial charge in [0.05, 0.1) is 4.88 Å². The number of nitrogens with zero attached hydrogens (tertiary/aromatic N) is 4. The van der Waals surface area contributed by atoms with Gasteiger partial charge in [0.1, 0.15) is 18.0 Å². The number of rotatable bonds is 7. The van der Waals surface area contributed by atoms with Crippen molar-refractivity contribution in [3.05, 3.63) is 66.2 Å². The lowest BCUT2D eigenvalue weighted by Gasteiger charge is -2.08. The van der Waals surface area contributed by atoms with E-state index in [9.17, 15) is 4.79 Å². The van der Waals surface area contributed by atoms with Crippen molar-refractivity contribution in [3.63, 3.8) is 0 Å². The molecular weight excluding hydrogens is 364 g/mol. The molecule has 136 valence electrons. The van der Waals surface area contributed by atoms with E-state index in [0.717, 1.165) is 10.7 Å². The maximum atomic E-state index is 12.2. The molecular formula is C18H16N6O2S. The highest BCUT2D eigenvalue weighted by Crippen LogP contribution is 2.24. The third kappa shape index (κ3) is 4.04. The largest absolute Gasteiger partial charge is 0.368 e. The number of hydrogen-bond donors (Lipinski definition) is 2.